The fraction of sp³-hybridized carbons (Fsp3) is 0.222. The molecule has 3 N–H and O–H groups in total. The molecule has 0 unspecified atom stereocenters. The molecule has 0 heterocycles. The van der Waals surface area contributed by atoms with Crippen molar-refractivity contribution in [2.24, 2.45) is 0 Å². The van der Waals surface area contributed by atoms with E-state index in [1.807, 2.05) is 78.9 Å². The summed E-state index contributed by atoms with van der Waals surface area (Å²) in [5.41, 5.74) is 3.14. The normalized spacial score (nSPS) is 10.5. The largest absolute Gasteiger partial charge is 0.332 e. The summed E-state index contributed by atoms with van der Waals surface area (Å²) in [6.07, 6.45) is 3.49. The molecule has 0 atom stereocenters. The minimum absolute atomic E-state index is 0.00922. The van der Waals surface area contributed by atoms with Crippen LogP contribution < -0.4 is 16.0 Å². The van der Waals surface area contributed by atoms with Gasteiger partial charge in [0.2, 0.25) is 11.8 Å². The number of hydrogen-bond acceptors (Lipinski definition) is 3. The standard InChI is InChI=1S/C27H29N3O2S/c1-2-3-6-18-24(31)28-22-16-11-17-23(19-22)29-27(33)30-26(32)25(20-12-7-4-8-13-20)21-14-9-5-10-15-21/h4-5,7-17,19,25H,2-3,6,18H2,1H3,(H,28,31)(H2,29,30,32,33). The topological polar surface area (TPSA) is 70.2 Å². The first kappa shape index (κ1) is 24.1. The average molecular weight is 460 g/mol. The van der Waals surface area contributed by atoms with E-state index in [4.69, 9.17) is 12.2 Å². The second-order valence-electron chi connectivity index (χ2n) is 7.78. The van der Waals surface area contributed by atoms with E-state index in [-0.39, 0.29) is 16.9 Å². The van der Waals surface area contributed by atoms with Gasteiger partial charge in [-0.15, -0.1) is 0 Å². The van der Waals surface area contributed by atoms with Crippen LogP contribution in [0, 0.1) is 0 Å². The molecule has 3 aromatic rings. The summed E-state index contributed by atoms with van der Waals surface area (Å²) in [5.74, 6) is -0.712. The van der Waals surface area contributed by atoms with Crippen molar-refractivity contribution < 1.29 is 9.59 Å². The van der Waals surface area contributed by atoms with Crippen LogP contribution >= 0.6 is 12.2 Å². The summed E-state index contributed by atoms with van der Waals surface area (Å²) in [4.78, 5) is 25.3. The first-order valence-electron chi connectivity index (χ1n) is 11.2. The van der Waals surface area contributed by atoms with E-state index in [0.717, 1.165) is 30.4 Å². The Morgan fingerprint density at radius 3 is 1.94 bits per heavy atom. The van der Waals surface area contributed by atoms with Gasteiger partial charge in [-0.05, 0) is 48.0 Å². The van der Waals surface area contributed by atoms with Crippen LogP contribution in [0.4, 0.5) is 11.4 Å². The molecule has 0 aliphatic rings. The van der Waals surface area contributed by atoms with Gasteiger partial charge in [0.1, 0.15) is 0 Å². The maximum absolute atomic E-state index is 13.2. The number of thiocarbonyl (C=S) groups is 1. The van der Waals surface area contributed by atoms with Crippen molar-refractivity contribution in [1.82, 2.24) is 5.32 Å². The van der Waals surface area contributed by atoms with E-state index >= 15 is 0 Å². The van der Waals surface area contributed by atoms with Gasteiger partial charge in [0, 0.05) is 17.8 Å². The lowest BCUT2D eigenvalue weighted by atomic mass is 9.90. The number of carbonyl (C=O) groups is 2. The van der Waals surface area contributed by atoms with Crippen LogP contribution in [0.15, 0.2) is 84.9 Å². The van der Waals surface area contributed by atoms with E-state index in [9.17, 15) is 9.59 Å². The number of rotatable bonds is 9. The van der Waals surface area contributed by atoms with Gasteiger partial charge >= 0.3 is 0 Å². The molecule has 3 aromatic carbocycles. The molecule has 6 heteroatoms. The van der Waals surface area contributed by atoms with Gasteiger partial charge < -0.3 is 16.0 Å². The van der Waals surface area contributed by atoms with Crippen molar-refractivity contribution in [2.45, 2.75) is 38.5 Å². The third-order valence-corrected chi connectivity index (χ3v) is 5.38. The summed E-state index contributed by atoms with van der Waals surface area (Å²) < 4.78 is 0. The molecule has 0 radical (unpaired) electrons. The van der Waals surface area contributed by atoms with Crippen molar-refractivity contribution in [1.29, 1.82) is 0 Å². The highest BCUT2D eigenvalue weighted by molar-refractivity contribution is 7.80. The van der Waals surface area contributed by atoms with Crippen LogP contribution in [0.2, 0.25) is 0 Å². The quantitative estimate of drug-likeness (QED) is 0.277. The predicted molar refractivity (Wildman–Crippen MR) is 138 cm³/mol. The number of carbonyl (C=O) groups excluding carboxylic acids is 2. The van der Waals surface area contributed by atoms with Gasteiger partial charge in [0.25, 0.3) is 0 Å². The van der Waals surface area contributed by atoms with Crippen LogP contribution in [0.5, 0.6) is 0 Å². The summed E-state index contributed by atoms with van der Waals surface area (Å²) in [5, 5.41) is 8.96. The molecule has 0 saturated heterocycles. The van der Waals surface area contributed by atoms with Gasteiger partial charge in [0.05, 0.1) is 5.92 Å². The van der Waals surface area contributed by atoms with Crippen molar-refractivity contribution in [3.63, 3.8) is 0 Å². The minimum atomic E-state index is -0.485. The number of nitrogens with one attached hydrogen (secondary N) is 3. The lowest BCUT2D eigenvalue weighted by Crippen LogP contribution is -2.37. The molecular weight excluding hydrogens is 430 g/mol. The summed E-state index contributed by atoms with van der Waals surface area (Å²) in [7, 11) is 0. The third-order valence-electron chi connectivity index (χ3n) is 5.18. The number of unbranched alkanes of at least 4 members (excludes halogenated alkanes) is 2. The molecule has 2 amide bonds. The molecule has 0 saturated carbocycles. The minimum Gasteiger partial charge on any atom is -0.332 e. The Balaban J connectivity index is 1.64. The SMILES string of the molecule is CCCCCC(=O)Nc1cccc(NC(=S)NC(=O)C(c2ccccc2)c2ccccc2)c1. The van der Waals surface area contributed by atoms with Gasteiger partial charge in [-0.2, -0.15) is 0 Å². The zero-order valence-corrected chi connectivity index (χ0v) is 19.5. The Hall–Kier alpha value is -3.51. The molecule has 170 valence electrons. The Bertz CT molecular complexity index is 1030. The molecule has 0 aliphatic carbocycles. The van der Waals surface area contributed by atoms with E-state index in [1.165, 1.54) is 0 Å². The molecule has 3 rings (SSSR count). The van der Waals surface area contributed by atoms with Crippen LogP contribution in [-0.4, -0.2) is 16.9 Å². The second-order valence-corrected chi connectivity index (χ2v) is 8.19. The maximum atomic E-state index is 13.2. The molecule has 0 fully saturated rings. The Morgan fingerprint density at radius 1 is 0.788 bits per heavy atom. The van der Waals surface area contributed by atoms with Gasteiger partial charge in [-0.1, -0.05) is 86.5 Å². The molecule has 0 aromatic heterocycles. The smallest absolute Gasteiger partial charge is 0.238 e. The molecule has 0 aliphatic heterocycles. The van der Waals surface area contributed by atoms with Crippen LogP contribution in [0.3, 0.4) is 0 Å². The lowest BCUT2D eigenvalue weighted by Gasteiger charge is -2.19. The average Bonchev–Trinajstić information content (AvgIpc) is 2.81. The number of benzene rings is 3. The first-order chi connectivity index (χ1) is 16.1. The van der Waals surface area contributed by atoms with Gasteiger partial charge in [-0.25, -0.2) is 0 Å². The summed E-state index contributed by atoms with van der Waals surface area (Å²) in [6.45, 7) is 2.11. The number of hydrogen-bond donors (Lipinski definition) is 3. The van der Waals surface area contributed by atoms with Crippen molar-refractivity contribution >= 4 is 40.5 Å². The molecule has 33 heavy (non-hydrogen) atoms. The molecule has 5 nitrogen and oxygen atoms in total. The van der Waals surface area contributed by atoms with E-state index in [0.29, 0.717) is 17.8 Å². The highest BCUT2D eigenvalue weighted by atomic mass is 32.1. The van der Waals surface area contributed by atoms with Gasteiger partial charge in [-0.3, -0.25) is 9.59 Å². The van der Waals surface area contributed by atoms with Gasteiger partial charge in [0.15, 0.2) is 5.11 Å². The third kappa shape index (κ3) is 7.54. The Kier molecular flexibility index (Phi) is 9.15. The van der Waals surface area contributed by atoms with E-state index in [1.54, 1.807) is 6.07 Å². The fourth-order valence-corrected chi connectivity index (χ4v) is 3.78. The fourth-order valence-electron chi connectivity index (χ4n) is 3.57. The number of amides is 2. The Labute approximate surface area is 200 Å². The summed E-state index contributed by atoms with van der Waals surface area (Å²) >= 11 is 5.40. The van der Waals surface area contributed by atoms with Crippen molar-refractivity contribution in [2.75, 3.05) is 10.6 Å². The van der Waals surface area contributed by atoms with Crippen molar-refractivity contribution in [3.05, 3.63) is 96.1 Å². The monoisotopic (exact) mass is 459 g/mol. The molecule has 0 bridgehead atoms. The number of anilines is 2. The first-order valence-corrected chi connectivity index (χ1v) is 11.6. The van der Waals surface area contributed by atoms with Crippen LogP contribution in [-0.2, 0) is 9.59 Å². The Morgan fingerprint density at radius 2 is 1.36 bits per heavy atom. The molecular formula is C27H29N3O2S. The predicted octanol–water partition coefficient (Wildman–Crippen LogP) is 5.85. The van der Waals surface area contributed by atoms with Crippen LogP contribution in [0.25, 0.3) is 0 Å². The van der Waals surface area contributed by atoms with E-state index in [2.05, 4.69) is 22.9 Å². The highest BCUT2D eigenvalue weighted by Gasteiger charge is 2.23. The highest BCUT2D eigenvalue weighted by Crippen LogP contribution is 2.25. The second kappa shape index (κ2) is 12.5. The van der Waals surface area contributed by atoms with Crippen molar-refractivity contribution in [3.8, 4) is 0 Å². The van der Waals surface area contributed by atoms with E-state index < -0.39 is 5.92 Å². The zero-order chi connectivity index (χ0) is 23.5. The molecule has 0 spiro atoms. The maximum Gasteiger partial charge on any atom is 0.238 e. The summed E-state index contributed by atoms with van der Waals surface area (Å²) in [6, 6.07) is 26.5. The zero-order valence-electron chi connectivity index (χ0n) is 18.7. The lowest BCUT2D eigenvalue weighted by molar-refractivity contribution is -0.120. The van der Waals surface area contributed by atoms with Crippen LogP contribution in [0.1, 0.15) is 49.7 Å².